The molecule has 0 aromatic heterocycles. The number of rotatable bonds is 6. The van der Waals surface area contributed by atoms with Gasteiger partial charge in [-0.1, -0.05) is 19.3 Å². The summed E-state index contributed by atoms with van der Waals surface area (Å²) in [5, 5.41) is 5.49. The van der Waals surface area contributed by atoms with Gasteiger partial charge in [0.05, 0.1) is 0 Å². The number of nitrogens with one attached hydrogen (secondary N) is 2. The van der Waals surface area contributed by atoms with Crippen molar-refractivity contribution in [2.75, 3.05) is 13.1 Å². The van der Waals surface area contributed by atoms with Crippen molar-refractivity contribution in [3.05, 3.63) is 0 Å². The Kier molecular flexibility index (Phi) is 5.81. The number of amides is 2. The summed E-state index contributed by atoms with van der Waals surface area (Å²) in [6, 6.07) is 0. The average molecular weight is 212 g/mol. The van der Waals surface area contributed by atoms with E-state index < -0.39 is 0 Å². The highest BCUT2D eigenvalue weighted by Crippen LogP contribution is 2.23. The Morgan fingerprint density at radius 1 is 1.20 bits per heavy atom. The van der Waals surface area contributed by atoms with E-state index in [9.17, 15) is 9.59 Å². The first-order valence-corrected chi connectivity index (χ1v) is 5.79. The van der Waals surface area contributed by atoms with Crippen molar-refractivity contribution in [3.8, 4) is 0 Å². The maximum absolute atomic E-state index is 11.6. The largest absolute Gasteiger partial charge is 0.359 e. The zero-order valence-electron chi connectivity index (χ0n) is 9.13. The van der Waals surface area contributed by atoms with Gasteiger partial charge in [-0.25, -0.2) is 0 Å². The van der Waals surface area contributed by atoms with Crippen molar-refractivity contribution in [1.29, 1.82) is 0 Å². The summed E-state index contributed by atoms with van der Waals surface area (Å²) in [6.07, 6.45) is 7.21. The summed E-state index contributed by atoms with van der Waals surface area (Å²) in [7, 11) is 0. The first-order chi connectivity index (χ1) is 7.34. The van der Waals surface area contributed by atoms with E-state index in [1.165, 1.54) is 19.3 Å². The fourth-order valence-electron chi connectivity index (χ4n) is 1.97. The van der Waals surface area contributed by atoms with E-state index in [-0.39, 0.29) is 11.8 Å². The molecule has 0 spiro atoms. The fourth-order valence-corrected chi connectivity index (χ4v) is 1.97. The highest BCUT2D eigenvalue weighted by molar-refractivity contribution is 5.78. The van der Waals surface area contributed by atoms with Gasteiger partial charge in [-0.05, 0) is 19.3 Å². The van der Waals surface area contributed by atoms with Crippen LogP contribution < -0.4 is 10.6 Å². The Hall–Kier alpha value is -1.06. The summed E-state index contributed by atoms with van der Waals surface area (Å²) in [6.45, 7) is 1.30. The summed E-state index contributed by atoms with van der Waals surface area (Å²) < 4.78 is 0. The molecule has 0 aromatic carbocycles. The van der Waals surface area contributed by atoms with Crippen LogP contribution in [0.1, 0.15) is 38.5 Å². The molecule has 0 unspecified atom stereocenters. The van der Waals surface area contributed by atoms with Crippen LogP contribution in [0.4, 0.5) is 0 Å². The average Bonchev–Trinajstić information content (AvgIpc) is 2.30. The highest BCUT2D eigenvalue weighted by Gasteiger charge is 2.20. The van der Waals surface area contributed by atoms with Crippen LogP contribution in [-0.2, 0) is 9.59 Å². The molecule has 2 N–H and O–H groups in total. The normalized spacial score (nSPS) is 17.1. The van der Waals surface area contributed by atoms with Crippen LogP contribution in [-0.4, -0.2) is 25.4 Å². The number of carbonyl (C=O) groups is 2. The maximum Gasteiger partial charge on any atom is 0.223 e. The van der Waals surface area contributed by atoms with Gasteiger partial charge in [0, 0.05) is 19.0 Å². The lowest BCUT2D eigenvalue weighted by atomic mass is 9.89. The van der Waals surface area contributed by atoms with Crippen LogP contribution >= 0.6 is 0 Å². The predicted molar refractivity (Wildman–Crippen MR) is 58.3 cm³/mol. The molecule has 0 aliphatic heterocycles. The smallest absolute Gasteiger partial charge is 0.223 e. The van der Waals surface area contributed by atoms with Crippen LogP contribution in [0, 0.1) is 5.92 Å². The molecule has 0 aromatic rings. The molecule has 1 saturated carbocycles. The number of carbonyl (C=O) groups excluding carboxylic acids is 2. The van der Waals surface area contributed by atoms with E-state index in [0.29, 0.717) is 19.5 Å². The molecule has 0 bridgehead atoms. The molecule has 86 valence electrons. The van der Waals surface area contributed by atoms with Crippen molar-refractivity contribution in [2.45, 2.75) is 38.5 Å². The van der Waals surface area contributed by atoms with Crippen molar-refractivity contribution >= 4 is 12.3 Å². The number of hydrogen-bond acceptors (Lipinski definition) is 2. The van der Waals surface area contributed by atoms with E-state index >= 15 is 0 Å². The Morgan fingerprint density at radius 3 is 2.60 bits per heavy atom. The molecule has 15 heavy (non-hydrogen) atoms. The first-order valence-electron chi connectivity index (χ1n) is 5.79. The molecule has 4 heteroatoms. The zero-order valence-corrected chi connectivity index (χ0v) is 9.13. The van der Waals surface area contributed by atoms with Gasteiger partial charge in [-0.3, -0.25) is 9.59 Å². The van der Waals surface area contributed by atoms with E-state index in [4.69, 9.17) is 0 Å². The van der Waals surface area contributed by atoms with Crippen LogP contribution in [0.2, 0.25) is 0 Å². The van der Waals surface area contributed by atoms with Crippen molar-refractivity contribution in [1.82, 2.24) is 10.6 Å². The Balaban J connectivity index is 2.04. The van der Waals surface area contributed by atoms with Crippen LogP contribution in [0.25, 0.3) is 0 Å². The van der Waals surface area contributed by atoms with Gasteiger partial charge in [-0.2, -0.15) is 0 Å². The van der Waals surface area contributed by atoms with Crippen molar-refractivity contribution in [3.63, 3.8) is 0 Å². The summed E-state index contributed by atoms with van der Waals surface area (Å²) >= 11 is 0. The van der Waals surface area contributed by atoms with Gasteiger partial charge >= 0.3 is 0 Å². The molecule has 1 fully saturated rings. The third-order valence-electron chi connectivity index (χ3n) is 2.86. The monoisotopic (exact) mass is 212 g/mol. The molecule has 2 amide bonds. The predicted octanol–water partition coefficient (Wildman–Crippen LogP) is 0.819. The van der Waals surface area contributed by atoms with Gasteiger partial charge in [0.2, 0.25) is 12.3 Å². The quantitative estimate of drug-likeness (QED) is 0.506. The third-order valence-corrected chi connectivity index (χ3v) is 2.86. The van der Waals surface area contributed by atoms with Gasteiger partial charge < -0.3 is 10.6 Å². The zero-order chi connectivity index (χ0) is 10.9. The van der Waals surface area contributed by atoms with Crippen molar-refractivity contribution < 1.29 is 9.59 Å². The van der Waals surface area contributed by atoms with Crippen LogP contribution in [0.3, 0.4) is 0 Å². The Labute approximate surface area is 90.8 Å². The van der Waals surface area contributed by atoms with E-state index in [0.717, 1.165) is 19.3 Å². The molecule has 0 atom stereocenters. The molecule has 1 aliphatic rings. The minimum Gasteiger partial charge on any atom is -0.359 e. The third kappa shape index (κ3) is 4.81. The van der Waals surface area contributed by atoms with Gasteiger partial charge in [0.25, 0.3) is 0 Å². The van der Waals surface area contributed by atoms with Gasteiger partial charge in [-0.15, -0.1) is 0 Å². The molecular weight excluding hydrogens is 192 g/mol. The minimum atomic E-state index is 0.195. The molecule has 1 aliphatic carbocycles. The highest BCUT2D eigenvalue weighted by atomic mass is 16.2. The van der Waals surface area contributed by atoms with Crippen LogP contribution in [0.5, 0.6) is 0 Å². The molecule has 0 radical (unpaired) electrons. The van der Waals surface area contributed by atoms with E-state index in [1.807, 2.05) is 0 Å². The lowest BCUT2D eigenvalue weighted by molar-refractivity contribution is -0.125. The number of hydrogen-bond donors (Lipinski definition) is 2. The fraction of sp³-hybridized carbons (Fsp3) is 0.818. The second-order valence-electron chi connectivity index (χ2n) is 4.05. The first kappa shape index (κ1) is 12.0. The molecular formula is C11H20N2O2. The molecule has 4 nitrogen and oxygen atoms in total. The second kappa shape index (κ2) is 7.26. The van der Waals surface area contributed by atoms with E-state index in [2.05, 4.69) is 10.6 Å². The summed E-state index contributed by atoms with van der Waals surface area (Å²) in [5.41, 5.74) is 0. The standard InChI is InChI=1S/C11H20N2O2/c14-9-12-7-4-8-13-11(15)10-5-2-1-3-6-10/h9-10H,1-8H2,(H,12,14)(H,13,15). The van der Waals surface area contributed by atoms with Crippen LogP contribution in [0.15, 0.2) is 0 Å². The lowest BCUT2D eigenvalue weighted by Crippen LogP contribution is -2.33. The maximum atomic E-state index is 11.6. The Bertz CT molecular complexity index is 201. The van der Waals surface area contributed by atoms with E-state index in [1.54, 1.807) is 0 Å². The lowest BCUT2D eigenvalue weighted by Gasteiger charge is -2.20. The molecule has 0 heterocycles. The molecule has 1 rings (SSSR count). The van der Waals surface area contributed by atoms with Gasteiger partial charge in [0.15, 0.2) is 0 Å². The van der Waals surface area contributed by atoms with Crippen molar-refractivity contribution in [2.24, 2.45) is 5.92 Å². The summed E-state index contributed by atoms with van der Waals surface area (Å²) in [5.74, 6) is 0.429. The Morgan fingerprint density at radius 2 is 1.93 bits per heavy atom. The SMILES string of the molecule is O=CNCCCNC(=O)C1CCCCC1. The second-order valence-corrected chi connectivity index (χ2v) is 4.05. The minimum absolute atomic E-state index is 0.195. The van der Waals surface area contributed by atoms with Gasteiger partial charge in [0.1, 0.15) is 0 Å². The summed E-state index contributed by atoms with van der Waals surface area (Å²) in [4.78, 5) is 21.6. The molecule has 0 saturated heterocycles. The topological polar surface area (TPSA) is 58.2 Å².